The van der Waals surface area contributed by atoms with E-state index in [0.29, 0.717) is 24.2 Å². The van der Waals surface area contributed by atoms with E-state index < -0.39 is 46.7 Å². The lowest BCUT2D eigenvalue weighted by Crippen LogP contribution is -2.46. The van der Waals surface area contributed by atoms with E-state index in [4.69, 9.17) is 4.74 Å². The van der Waals surface area contributed by atoms with Crippen LogP contribution in [0.25, 0.3) is 0 Å². The van der Waals surface area contributed by atoms with Crippen LogP contribution >= 0.6 is 11.8 Å². The summed E-state index contributed by atoms with van der Waals surface area (Å²) in [6.45, 7) is 4.73. The zero-order valence-electron chi connectivity index (χ0n) is 21.5. The topological polar surface area (TPSA) is 97.8 Å². The number of Topliss-reactive ketones (excluding diaryl/α,β-unsaturated/α-hetero) is 2. The summed E-state index contributed by atoms with van der Waals surface area (Å²) < 4.78 is 5.59. The van der Waals surface area contributed by atoms with Crippen molar-refractivity contribution in [2.24, 2.45) is 34.5 Å². The van der Waals surface area contributed by atoms with E-state index in [9.17, 15) is 24.0 Å². The van der Waals surface area contributed by atoms with Crippen LogP contribution in [0.3, 0.4) is 0 Å². The number of likely N-dealkylation sites (tertiary alicyclic amines) is 1. The first-order valence-corrected chi connectivity index (χ1v) is 14.4. The Morgan fingerprint density at radius 1 is 1.06 bits per heavy atom. The quantitative estimate of drug-likeness (QED) is 0.329. The standard InChI is InChI=1S/C27H39NO6S/c1-16(29)28-20(5-8-35-4)23(31)22(25(28)33)24(32)26(2,3)15-21(30)34-7-6-27-12-17-9-18(13-27)11-19(10-17)14-27/h17-20,22H,5-15H2,1-4H3. The van der Waals surface area contributed by atoms with Gasteiger partial charge in [0.05, 0.1) is 13.0 Å². The van der Waals surface area contributed by atoms with Crippen molar-refractivity contribution in [3.05, 3.63) is 0 Å². The molecule has 0 N–H and O–H groups in total. The molecule has 5 fully saturated rings. The van der Waals surface area contributed by atoms with Gasteiger partial charge in [-0.3, -0.25) is 28.9 Å². The Balaban J connectivity index is 1.33. The van der Waals surface area contributed by atoms with Crippen LogP contribution in [-0.4, -0.2) is 58.9 Å². The summed E-state index contributed by atoms with van der Waals surface area (Å²) in [5, 5.41) is 0. The highest BCUT2D eigenvalue weighted by molar-refractivity contribution is 7.98. The maximum atomic E-state index is 13.3. The van der Waals surface area contributed by atoms with E-state index in [1.807, 2.05) is 6.26 Å². The third-order valence-electron chi connectivity index (χ3n) is 8.92. The number of carbonyl (C=O) groups excluding carboxylic acids is 5. The largest absolute Gasteiger partial charge is 0.466 e. The number of hydrogen-bond donors (Lipinski definition) is 0. The molecule has 35 heavy (non-hydrogen) atoms. The van der Waals surface area contributed by atoms with E-state index in [1.165, 1.54) is 57.2 Å². The van der Waals surface area contributed by atoms with Crippen LogP contribution in [0.5, 0.6) is 0 Å². The van der Waals surface area contributed by atoms with Crippen LogP contribution in [0.15, 0.2) is 0 Å². The van der Waals surface area contributed by atoms with E-state index in [1.54, 1.807) is 13.8 Å². The predicted octanol–water partition coefficient (Wildman–Crippen LogP) is 3.82. The molecule has 4 bridgehead atoms. The minimum atomic E-state index is -1.53. The molecule has 1 saturated heterocycles. The van der Waals surface area contributed by atoms with Gasteiger partial charge >= 0.3 is 5.97 Å². The molecule has 0 spiro atoms. The first-order valence-electron chi connectivity index (χ1n) is 13.0. The number of amides is 2. The lowest BCUT2D eigenvalue weighted by molar-refractivity contribution is -0.154. The molecule has 2 amide bonds. The molecule has 0 aromatic carbocycles. The molecule has 1 heterocycles. The van der Waals surface area contributed by atoms with Crippen molar-refractivity contribution in [1.29, 1.82) is 0 Å². The second kappa shape index (κ2) is 9.98. The fourth-order valence-corrected chi connectivity index (χ4v) is 8.18. The zero-order valence-corrected chi connectivity index (χ0v) is 22.3. The minimum absolute atomic E-state index is 0.195. The lowest BCUT2D eigenvalue weighted by Gasteiger charge is -2.57. The van der Waals surface area contributed by atoms with Gasteiger partial charge in [0.25, 0.3) is 0 Å². The van der Waals surface area contributed by atoms with Gasteiger partial charge in [0.15, 0.2) is 17.5 Å². The zero-order chi connectivity index (χ0) is 25.5. The first-order chi connectivity index (χ1) is 16.5. The molecule has 5 aliphatic rings. The van der Waals surface area contributed by atoms with Crippen LogP contribution < -0.4 is 0 Å². The van der Waals surface area contributed by atoms with Crippen molar-refractivity contribution in [3.8, 4) is 0 Å². The van der Waals surface area contributed by atoms with Gasteiger partial charge in [-0.25, -0.2) is 0 Å². The van der Waals surface area contributed by atoms with Crippen molar-refractivity contribution in [2.45, 2.75) is 84.6 Å². The van der Waals surface area contributed by atoms with Crippen LogP contribution in [0, 0.1) is 34.5 Å². The summed E-state index contributed by atoms with van der Waals surface area (Å²) in [5.41, 5.74) is -0.935. The summed E-state index contributed by atoms with van der Waals surface area (Å²) in [6, 6.07) is -0.913. The number of nitrogens with zero attached hydrogens (tertiary/aromatic N) is 1. The van der Waals surface area contributed by atoms with Crippen molar-refractivity contribution >= 4 is 41.1 Å². The van der Waals surface area contributed by atoms with E-state index >= 15 is 0 Å². The molecule has 0 radical (unpaired) electrons. The van der Waals surface area contributed by atoms with E-state index in [-0.39, 0.29) is 6.42 Å². The van der Waals surface area contributed by atoms with Crippen molar-refractivity contribution < 1.29 is 28.7 Å². The van der Waals surface area contributed by atoms with Crippen LogP contribution in [0.1, 0.15) is 78.6 Å². The Morgan fingerprint density at radius 3 is 2.14 bits per heavy atom. The Labute approximate surface area is 212 Å². The number of ketones is 2. The third kappa shape index (κ3) is 5.23. The second-order valence-corrected chi connectivity index (χ2v) is 13.2. The van der Waals surface area contributed by atoms with Gasteiger partial charge in [-0.15, -0.1) is 0 Å². The number of carbonyl (C=O) groups is 5. The highest BCUT2D eigenvalue weighted by Gasteiger charge is 2.55. The number of rotatable bonds is 10. The van der Waals surface area contributed by atoms with E-state index in [2.05, 4.69) is 0 Å². The van der Waals surface area contributed by atoms with Crippen molar-refractivity contribution in [2.75, 3.05) is 18.6 Å². The average molecular weight is 506 g/mol. The molecule has 1 aliphatic heterocycles. The van der Waals surface area contributed by atoms with Gasteiger partial charge in [-0.1, -0.05) is 13.8 Å². The molecule has 4 saturated carbocycles. The van der Waals surface area contributed by atoms with Gasteiger partial charge < -0.3 is 4.74 Å². The molecule has 5 rings (SSSR count). The fourth-order valence-electron chi connectivity index (χ4n) is 7.72. The molecule has 8 heteroatoms. The lowest BCUT2D eigenvalue weighted by atomic mass is 9.49. The van der Waals surface area contributed by atoms with Gasteiger partial charge in [0.2, 0.25) is 11.8 Å². The molecule has 0 aromatic heterocycles. The summed E-state index contributed by atoms with van der Waals surface area (Å²) >= 11 is 1.51. The maximum absolute atomic E-state index is 13.3. The van der Waals surface area contributed by atoms with E-state index in [0.717, 1.165) is 29.1 Å². The second-order valence-electron chi connectivity index (χ2n) is 12.2. The Bertz CT molecular complexity index is 876. The van der Waals surface area contributed by atoms with Gasteiger partial charge in [-0.05, 0) is 86.5 Å². The molecule has 7 nitrogen and oxygen atoms in total. The number of ether oxygens (including phenoxy) is 1. The SMILES string of the molecule is CSCCC1C(=O)C(C(=O)C(C)(C)CC(=O)OCCC23CC4CC(CC(C4)C2)C3)C(=O)N1C(C)=O. The highest BCUT2D eigenvalue weighted by Crippen LogP contribution is 2.61. The third-order valence-corrected chi connectivity index (χ3v) is 9.56. The number of hydrogen-bond acceptors (Lipinski definition) is 7. The fraction of sp³-hybridized carbons (Fsp3) is 0.815. The molecule has 2 atom stereocenters. The van der Waals surface area contributed by atoms with Gasteiger partial charge in [0.1, 0.15) is 6.04 Å². The summed E-state index contributed by atoms with van der Waals surface area (Å²) in [4.78, 5) is 65.0. The number of thioether (sulfide) groups is 1. The average Bonchev–Trinajstić information content (AvgIpc) is 2.99. The molecule has 2 unspecified atom stereocenters. The van der Waals surface area contributed by atoms with Crippen LogP contribution in [0.4, 0.5) is 0 Å². The molecular weight excluding hydrogens is 466 g/mol. The molecule has 4 aliphatic carbocycles. The predicted molar refractivity (Wildman–Crippen MR) is 132 cm³/mol. The summed E-state index contributed by atoms with van der Waals surface area (Å²) in [7, 11) is 0. The van der Waals surface area contributed by atoms with Crippen molar-refractivity contribution in [3.63, 3.8) is 0 Å². The van der Waals surface area contributed by atoms with Crippen molar-refractivity contribution in [1.82, 2.24) is 4.90 Å². The Hall–Kier alpha value is -1.70. The number of imide groups is 1. The molecule has 0 aromatic rings. The normalized spacial score (nSPS) is 33.9. The van der Waals surface area contributed by atoms with Gasteiger partial charge in [0, 0.05) is 12.3 Å². The smallest absolute Gasteiger partial charge is 0.306 e. The van der Waals surface area contributed by atoms with Crippen LogP contribution in [0.2, 0.25) is 0 Å². The molecular formula is C27H39NO6S. The van der Waals surface area contributed by atoms with Gasteiger partial charge in [-0.2, -0.15) is 11.8 Å². The minimum Gasteiger partial charge on any atom is -0.466 e. The first kappa shape index (κ1) is 26.4. The Morgan fingerprint density at radius 2 is 1.63 bits per heavy atom. The number of esters is 1. The molecule has 194 valence electrons. The highest BCUT2D eigenvalue weighted by atomic mass is 32.2. The summed E-state index contributed by atoms with van der Waals surface area (Å²) in [6.07, 6.45) is 10.7. The maximum Gasteiger partial charge on any atom is 0.306 e. The Kier molecular flexibility index (Phi) is 7.52. The summed E-state index contributed by atoms with van der Waals surface area (Å²) in [5.74, 6) is -1.34. The van der Waals surface area contributed by atoms with Crippen LogP contribution in [-0.2, 0) is 28.7 Å². The monoisotopic (exact) mass is 505 g/mol.